The van der Waals surface area contributed by atoms with E-state index in [-0.39, 0.29) is 5.54 Å². The lowest BCUT2D eigenvalue weighted by Gasteiger charge is -2.39. The second kappa shape index (κ2) is 4.78. The van der Waals surface area contributed by atoms with Crippen LogP contribution in [-0.4, -0.2) is 41.0 Å². The highest BCUT2D eigenvalue weighted by molar-refractivity contribution is 5.17. The van der Waals surface area contributed by atoms with Gasteiger partial charge < -0.3 is 10.3 Å². The zero-order valence-electron chi connectivity index (χ0n) is 11.4. The minimum absolute atomic E-state index is 0.000278. The molecule has 4 heteroatoms. The van der Waals surface area contributed by atoms with Crippen molar-refractivity contribution in [3.05, 3.63) is 17.2 Å². The van der Waals surface area contributed by atoms with Gasteiger partial charge in [0.1, 0.15) is 5.82 Å². The van der Waals surface area contributed by atoms with Gasteiger partial charge in [-0.05, 0) is 27.2 Å². The van der Waals surface area contributed by atoms with Crippen molar-refractivity contribution in [1.29, 1.82) is 0 Å². The molecule has 1 aromatic rings. The van der Waals surface area contributed by atoms with Gasteiger partial charge in [0, 0.05) is 31.9 Å². The van der Waals surface area contributed by atoms with E-state index >= 15 is 0 Å². The zero-order valence-corrected chi connectivity index (χ0v) is 11.4. The summed E-state index contributed by atoms with van der Waals surface area (Å²) in [6.07, 6.45) is 1.000. The number of nitrogens with one attached hydrogen (secondary N) is 2. The van der Waals surface area contributed by atoms with E-state index in [1.807, 2.05) is 0 Å². The number of rotatable bonds is 3. The first-order valence-electron chi connectivity index (χ1n) is 6.57. The summed E-state index contributed by atoms with van der Waals surface area (Å²) in [5.41, 5.74) is 2.41. The molecular weight excluding hydrogens is 212 g/mol. The van der Waals surface area contributed by atoms with Crippen LogP contribution in [0.2, 0.25) is 0 Å². The number of nitrogens with zero attached hydrogens (tertiary/aromatic N) is 2. The van der Waals surface area contributed by atoms with Gasteiger partial charge >= 0.3 is 0 Å². The first-order valence-corrected chi connectivity index (χ1v) is 6.57. The van der Waals surface area contributed by atoms with E-state index in [0.29, 0.717) is 0 Å². The molecule has 1 fully saturated rings. The quantitative estimate of drug-likeness (QED) is 0.834. The highest BCUT2D eigenvalue weighted by atomic mass is 15.3. The third-order valence-corrected chi connectivity index (χ3v) is 3.81. The Labute approximate surface area is 104 Å². The SMILES string of the molecule is CCc1nc(C(C)(C)N2CCNCC2)[nH]c1C. The van der Waals surface area contributed by atoms with Crippen LogP contribution in [0.4, 0.5) is 0 Å². The van der Waals surface area contributed by atoms with Gasteiger partial charge in [-0.3, -0.25) is 4.90 Å². The Morgan fingerprint density at radius 2 is 1.94 bits per heavy atom. The predicted octanol–water partition coefficient (Wildman–Crippen LogP) is 1.42. The van der Waals surface area contributed by atoms with Crippen molar-refractivity contribution in [3.8, 4) is 0 Å². The molecule has 1 aromatic heterocycles. The second-order valence-electron chi connectivity index (χ2n) is 5.31. The molecule has 2 N–H and O–H groups in total. The lowest BCUT2D eigenvalue weighted by atomic mass is 10.0. The molecule has 0 amide bonds. The molecule has 1 aliphatic heterocycles. The fraction of sp³-hybridized carbons (Fsp3) is 0.769. The standard InChI is InChI=1S/C13H24N4/c1-5-11-10(2)15-12(16-11)13(3,4)17-8-6-14-7-9-17/h14H,5-9H2,1-4H3,(H,15,16). The maximum Gasteiger partial charge on any atom is 0.126 e. The fourth-order valence-corrected chi connectivity index (χ4v) is 2.50. The monoisotopic (exact) mass is 236 g/mol. The van der Waals surface area contributed by atoms with Crippen molar-refractivity contribution >= 4 is 0 Å². The highest BCUT2D eigenvalue weighted by Gasteiger charge is 2.32. The largest absolute Gasteiger partial charge is 0.344 e. The molecule has 0 atom stereocenters. The van der Waals surface area contributed by atoms with E-state index in [9.17, 15) is 0 Å². The number of imidazole rings is 1. The molecular formula is C13H24N4. The van der Waals surface area contributed by atoms with Crippen LogP contribution < -0.4 is 5.32 Å². The van der Waals surface area contributed by atoms with Gasteiger partial charge in [0.2, 0.25) is 0 Å². The average Bonchev–Trinajstić information content (AvgIpc) is 2.72. The number of hydrogen-bond acceptors (Lipinski definition) is 3. The number of aromatic amines is 1. The van der Waals surface area contributed by atoms with Crippen molar-refractivity contribution in [1.82, 2.24) is 20.2 Å². The van der Waals surface area contributed by atoms with Crippen molar-refractivity contribution in [3.63, 3.8) is 0 Å². The van der Waals surface area contributed by atoms with E-state index in [1.54, 1.807) is 0 Å². The zero-order chi connectivity index (χ0) is 12.5. The van der Waals surface area contributed by atoms with Crippen molar-refractivity contribution < 1.29 is 0 Å². The number of H-pyrrole nitrogens is 1. The molecule has 0 spiro atoms. The summed E-state index contributed by atoms with van der Waals surface area (Å²) in [5.74, 6) is 1.11. The minimum atomic E-state index is 0.000278. The van der Waals surface area contributed by atoms with Crippen molar-refractivity contribution in [2.45, 2.75) is 39.7 Å². The molecule has 0 unspecified atom stereocenters. The summed E-state index contributed by atoms with van der Waals surface area (Å²) in [5, 5.41) is 3.39. The summed E-state index contributed by atoms with van der Waals surface area (Å²) in [7, 11) is 0. The normalized spacial score (nSPS) is 18.6. The van der Waals surface area contributed by atoms with Crippen molar-refractivity contribution in [2.75, 3.05) is 26.2 Å². The Hall–Kier alpha value is -0.870. The molecule has 1 aliphatic rings. The maximum atomic E-state index is 4.76. The van der Waals surface area contributed by atoms with Gasteiger partial charge in [-0.2, -0.15) is 0 Å². The lowest BCUT2D eigenvalue weighted by Crippen LogP contribution is -2.52. The summed E-state index contributed by atoms with van der Waals surface area (Å²) < 4.78 is 0. The fourth-order valence-electron chi connectivity index (χ4n) is 2.50. The van der Waals surface area contributed by atoms with Gasteiger partial charge in [-0.25, -0.2) is 4.98 Å². The Morgan fingerprint density at radius 3 is 2.47 bits per heavy atom. The summed E-state index contributed by atoms with van der Waals surface area (Å²) in [4.78, 5) is 10.7. The third-order valence-electron chi connectivity index (χ3n) is 3.81. The first kappa shape index (κ1) is 12.6. The van der Waals surface area contributed by atoms with Gasteiger partial charge in [0.05, 0.1) is 11.2 Å². The number of piperazine rings is 1. The van der Waals surface area contributed by atoms with Gasteiger partial charge in [-0.1, -0.05) is 6.92 Å². The molecule has 2 rings (SSSR count). The first-order chi connectivity index (χ1) is 8.05. The van der Waals surface area contributed by atoms with Gasteiger partial charge in [0.25, 0.3) is 0 Å². The Bertz CT molecular complexity index is 375. The molecule has 96 valence electrons. The van der Waals surface area contributed by atoms with E-state index in [1.165, 1.54) is 11.4 Å². The minimum Gasteiger partial charge on any atom is -0.344 e. The van der Waals surface area contributed by atoms with Gasteiger partial charge in [0.15, 0.2) is 0 Å². The predicted molar refractivity (Wildman–Crippen MR) is 70.2 cm³/mol. The maximum absolute atomic E-state index is 4.76. The second-order valence-corrected chi connectivity index (χ2v) is 5.31. The Kier molecular flexibility index (Phi) is 3.54. The lowest BCUT2D eigenvalue weighted by molar-refractivity contribution is 0.0954. The van der Waals surface area contributed by atoms with Crippen LogP contribution in [0.25, 0.3) is 0 Å². The molecule has 0 bridgehead atoms. The molecule has 0 aromatic carbocycles. The molecule has 1 saturated heterocycles. The van der Waals surface area contributed by atoms with Crippen LogP contribution >= 0.6 is 0 Å². The number of aryl methyl sites for hydroxylation is 2. The average molecular weight is 236 g/mol. The van der Waals surface area contributed by atoms with E-state index in [2.05, 4.69) is 42.9 Å². The van der Waals surface area contributed by atoms with Crippen LogP contribution in [0.15, 0.2) is 0 Å². The Morgan fingerprint density at radius 1 is 1.29 bits per heavy atom. The topological polar surface area (TPSA) is 44.0 Å². The van der Waals surface area contributed by atoms with Crippen LogP contribution in [0, 0.1) is 6.92 Å². The van der Waals surface area contributed by atoms with Crippen LogP contribution in [0.5, 0.6) is 0 Å². The van der Waals surface area contributed by atoms with E-state index in [0.717, 1.165) is 38.4 Å². The highest BCUT2D eigenvalue weighted by Crippen LogP contribution is 2.26. The van der Waals surface area contributed by atoms with E-state index < -0.39 is 0 Å². The van der Waals surface area contributed by atoms with Crippen LogP contribution in [0.1, 0.15) is 38.0 Å². The number of aromatic nitrogens is 2. The van der Waals surface area contributed by atoms with Gasteiger partial charge in [-0.15, -0.1) is 0 Å². The smallest absolute Gasteiger partial charge is 0.126 e. The molecule has 0 saturated carbocycles. The molecule has 4 nitrogen and oxygen atoms in total. The Balaban J connectivity index is 2.22. The van der Waals surface area contributed by atoms with Crippen LogP contribution in [-0.2, 0) is 12.0 Å². The summed E-state index contributed by atoms with van der Waals surface area (Å²) >= 11 is 0. The summed E-state index contributed by atoms with van der Waals surface area (Å²) in [6.45, 7) is 13.1. The third kappa shape index (κ3) is 2.38. The molecule has 2 heterocycles. The summed E-state index contributed by atoms with van der Waals surface area (Å²) in [6, 6.07) is 0. The van der Waals surface area contributed by atoms with E-state index in [4.69, 9.17) is 4.98 Å². The molecule has 0 aliphatic carbocycles. The molecule has 17 heavy (non-hydrogen) atoms. The number of hydrogen-bond donors (Lipinski definition) is 2. The van der Waals surface area contributed by atoms with Crippen LogP contribution in [0.3, 0.4) is 0 Å². The molecule has 0 radical (unpaired) electrons. The van der Waals surface area contributed by atoms with Crippen molar-refractivity contribution in [2.24, 2.45) is 0 Å².